The Bertz CT molecular complexity index is 324. The van der Waals surface area contributed by atoms with Crippen LogP contribution in [0.2, 0.25) is 0 Å². The molecule has 82 valence electrons. The Morgan fingerprint density at radius 3 is 3.00 bits per heavy atom. The average molecular weight is 268 g/mol. The summed E-state index contributed by atoms with van der Waals surface area (Å²) in [6.45, 7) is 3.39. The van der Waals surface area contributed by atoms with Gasteiger partial charge < -0.3 is 5.32 Å². The molecule has 1 aliphatic rings. The summed E-state index contributed by atoms with van der Waals surface area (Å²) in [7, 11) is 0. The fraction of sp³-hybridized carbons (Fsp3) is 0.538. The van der Waals surface area contributed by atoms with Crippen molar-refractivity contribution in [3.63, 3.8) is 0 Å². The predicted octanol–water partition coefficient (Wildman–Crippen LogP) is 3.09. The number of nitrogens with one attached hydrogen (secondary N) is 1. The largest absolute Gasteiger partial charge is 0.314 e. The molecule has 2 rings (SSSR count). The van der Waals surface area contributed by atoms with E-state index in [0.717, 1.165) is 17.8 Å². The Hall–Kier alpha value is -0.340. The molecule has 0 saturated heterocycles. The van der Waals surface area contributed by atoms with Gasteiger partial charge in [-0.25, -0.2) is 0 Å². The highest BCUT2D eigenvalue weighted by atomic mass is 79.9. The monoisotopic (exact) mass is 267 g/mol. The van der Waals surface area contributed by atoms with Crippen molar-refractivity contribution in [1.29, 1.82) is 0 Å². The van der Waals surface area contributed by atoms with E-state index in [1.165, 1.54) is 18.4 Å². The predicted molar refractivity (Wildman–Crippen MR) is 68.8 cm³/mol. The van der Waals surface area contributed by atoms with Crippen LogP contribution in [-0.2, 0) is 6.42 Å². The smallest absolute Gasteiger partial charge is 0.00469 e. The molecule has 0 bridgehead atoms. The van der Waals surface area contributed by atoms with Gasteiger partial charge in [-0.2, -0.15) is 0 Å². The zero-order valence-corrected chi connectivity index (χ0v) is 10.8. The summed E-state index contributed by atoms with van der Waals surface area (Å²) in [5.74, 6) is 0.749. The van der Waals surface area contributed by atoms with Crippen molar-refractivity contribution < 1.29 is 0 Å². The number of alkyl halides is 1. The van der Waals surface area contributed by atoms with Gasteiger partial charge in [0.1, 0.15) is 0 Å². The maximum atomic E-state index is 3.60. The summed E-state index contributed by atoms with van der Waals surface area (Å²) in [6.07, 6.45) is 2.46. The number of fused-ring (bicyclic) bond motifs is 1. The van der Waals surface area contributed by atoms with Crippen LogP contribution in [0.15, 0.2) is 24.3 Å². The molecule has 0 heterocycles. The molecule has 1 aromatic carbocycles. The van der Waals surface area contributed by atoms with Crippen LogP contribution in [-0.4, -0.2) is 17.9 Å². The van der Waals surface area contributed by atoms with E-state index in [2.05, 4.69) is 52.4 Å². The van der Waals surface area contributed by atoms with Gasteiger partial charge in [0.25, 0.3) is 0 Å². The minimum Gasteiger partial charge on any atom is -0.314 e. The highest BCUT2D eigenvalue weighted by Crippen LogP contribution is 2.34. The third-order valence-electron chi connectivity index (χ3n) is 3.22. The first-order valence-corrected chi connectivity index (χ1v) is 6.80. The molecule has 1 aromatic rings. The van der Waals surface area contributed by atoms with Gasteiger partial charge in [0.05, 0.1) is 0 Å². The van der Waals surface area contributed by atoms with Crippen molar-refractivity contribution in [3.05, 3.63) is 35.4 Å². The molecule has 1 N–H and O–H groups in total. The first-order chi connectivity index (χ1) is 7.31. The summed E-state index contributed by atoms with van der Waals surface area (Å²) in [4.78, 5) is 0. The topological polar surface area (TPSA) is 12.0 Å². The fourth-order valence-electron chi connectivity index (χ4n) is 2.15. The van der Waals surface area contributed by atoms with E-state index >= 15 is 0 Å². The van der Waals surface area contributed by atoms with Crippen LogP contribution in [0.5, 0.6) is 0 Å². The Labute approximate surface area is 100 Å². The Balaban J connectivity index is 1.80. The standard InChI is InChI=1S/C13H18BrN/c1-10(6-7-14)15-9-12-8-11-4-2-3-5-13(11)12/h2-5,10,12,15H,6-9H2,1H3. The third kappa shape index (κ3) is 2.61. The van der Waals surface area contributed by atoms with Gasteiger partial charge in [-0.1, -0.05) is 40.2 Å². The molecule has 2 heteroatoms. The van der Waals surface area contributed by atoms with Crippen LogP contribution in [0.4, 0.5) is 0 Å². The maximum absolute atomic E-state index is 3.60. The molecule has 1 aliphatic carbocycles. The molecule has 0 fully saturated rings. The molecule has 0 saturated carbocycles. The quantitative estimate of drug-likeness (QED) is 0.809. The van der Waals surface area contributed by atoms with Crippen molar-refractivity contribution in [2.45, 2.75) is 31.7 Å². The zero-order valence-electron chi connectivity index (χ0n) is 9.17. The van der Waals surface area contributed by atoms with Crippen LogP contribution in [0.1, 0.15) is 30.4 Å². The number of halogens is 1. The molecule has 0 aromatic heterocycles. The second kappa shape index (κ2) is 5.13. The average Bonchev–Trinajstić information content (AvgIpc) is 2.20. The second-order valence-corrected chi connectivity index (χ2v) is 5.18. The Morgan fingerprint density at radius 1 is 1.47 bits per heavy atom. The Morgan fingerprint density at radius 2 is 2.27 bits per heavy atom. The molecule has 0 spiro atoms. The van der Waals surface area contributed by atoms with E-state index in [1.807, 2.05) is 0 Å². The van der Waals surface area contributed by atoms with Crippen LogP contribution in [0.3, 0.4) is 0 Å². The molecule has 1 nitrogen and oxygen atoms in total. The first kappa shape index (κ1) is 11.2. The highest BCUT2D eigenvalue weighted by Gasteiger charge is 2.24. The third-order valence-corrected chi connectivity index (χ3v) is 3.67. The lowest BCUT2D eigenvalue weighted by molar-refractivity contribution is 0.473. The lowest BCUT2D eigenvalue weighted by atomic mass is 9.77. The molecular weight excluding hydrogens is 250 g/mol. The molecule has 15 heavy (non-hydrogen) atoms. The van der Waals surface area contributed by atoms with Gasteiger partial charge in [-0.15, -0.1) is 0 Å². The minimum absolute atomic E-state index is 0.622. The Kier molecular flexibility index (Phi) is 3.81. The minimum atomic E-state index is 0.622. The van der Waals surface area contributed by atoms with E-state index < -0.39 is 0 Å². The summed E-state index contributed by atoms with van der Waals surface area (Å²) in [5, 5.41) is 4.68. The maximum Gasteiger partial charge on any atom is 0.00469 e. The highest BCUT2D eigenvalue weighted by molar-refractivity contribution is 9.09. The van der Waals surface area contributed by atoms with Crippen molar-refractivity contribution >= 4 is 15.9 Å². The van der Waals surface area contributed by atoms with Crippen molar-refractivity contribution in [1.82, 2.24) is 5.32 Å². The summed E-state index contributed by atoms with van der Waals surface area (Å²) in [6, 6.07) is 9.41. The number of hydrogen-bond donors (Lipinski definition) is 1. The lowest BCUT2D eigenvalue weighted by Gasteiger charge is -2.31. The van der Waals surface area contributed by atoms with Crippen molar-refractivity contribution in [2.24, 2.45) is 0 Å². The second-order valence-electron chi connectivity index (χ2n) is 4.39. The van der Waals surface area contributed by atoms with E-state index in [1.54, 1.807) is 5.56 Å². The molecule has 2 unspecified atom stereocenters. The van der Waals surface area contributed by atoms with Gasteiger partial charge in [0, 0.05) is 23.8 Å². The SMILES string of the molecule is CC(CCBr)NCC1Cc2ccccc21. The van der Waals surface area contributed by atoms with Gasteiger partial charge >= 0.3 is 0 Å². The van der Waals surface area contributed by atoms with Crippen molar-refractivity contribution in [3.8, 4) is 0 Å². The number of hydrogen-bond acceptors (Lipinski definition) is 1. The van der Waals surface area contributed by atoms with Crippen molar-refractivity contribution in [2.75, 3.05) is 11.9 Å². The van der Waals surface area contributed by atoms with E-state index in [9.17, 15) is 0 Å². The van der Waals surface area contributed by atoms with Gasteiger partial charge in [0.2, 0.25) is 0 Å². The summed E-state index contributed by atoms with van der Waals surface area (Å²) < 4.78 is 0. The number of rotatable bonds is 5. The fourth-order valence-corrected chi connectivity index (χ4v) is 2.84. The van der Waals surface area contributed by atoms with Crippen LogP contribution in [0.25, 0.3) is 0 Å². The summed E-state index contributed by atoms with van der Waals surface area (Å²) in [5.41, 5.74) is 3.09. The number of benzene rings is 1. The van der Waals surface area contributed by atoms with E-state index in [-0.39, 0.29) is 0 Å². The molecule has 0 aliphatic heterocycles. The van der Waals surface area contributed by atoms with Gasteiger partial charge in [-0.3, -0.25) is 0 Å². The van der Waals surface area contributed by atoms with Crippen LogP contribution >= 0.6 is 15.9 Å². The van der Waals surface area contributed by atoms with Crippen LogP contribution < -0.4 is 5.32 Å². The van der Waals surface area contributed by atoms with Gasteiger partial charge in [0.15, 0.2) is 0 Å². The normalized spacial score (nSPS) is 20.5. The first-order valence-electron chi connectivity index (χ1n) is 5.68. The van der Waals surface area contributed by atoms with Crippen LogP contribution in [0, 0.1) is 0 Å². The zero-order chi connectivity index (χ0) is 10.7. The lowest BCUT2D eigenvalue weighted by Crippen LogP contribution is -2.34. The molecule has 2 atom stereocenters. The van der Waals surface area contributed by atoms with Gasteiger partial charge in [-0.05, 0) is 30.9 Å². The molecule has 0 amide bonds. The van der Waals surface area contributed by atoms with E-state index in [4.69, 9.17) is 0 Å². The summed E-state index contributed by atoms with van der Waals surface area (Å²) >= 11 is 3.47. The van der Waals surface area contributed by atoms with E-state index in [0.29, 0.717) is 6.04 Å². The molecule has 0 radical (unpaired) electrons. The molecular formula is C13H18BrN.